The SMILES string of the molecule is COC(=O)NCC(Cc1ccccc1)N1CCCCC1. The highest BCUT2D eigenvalue weighted by Crippen LogP contribution is 2.15. The first kappa shape index (κ1) is 14.9. The summed E-state index contributed by atoms with van der Waals surface area (Å²) in [5, 5.41) is 2.85. The predicted octanol–water partition coefficient (Wildman–Crippen LogP) is 2.44. The summed E-state index contributed by atoms with van der Waals surface area (Å²) in [7, 11) is 1.41. The lowest BCUT2D eigenvalue weighted by atomic mass is 10.0. The number of nitrogens with one attached hydrogen (secondary N) is 1. The van der Waals surface area contributed by atoms with Gasteiger partial charge in [0.15, 0.2) is 0 Å². The fraction of sp³-hybridized carbons (Fsp3) is 0.562. The van der Waals surface area contributed by atoms with Crippen LogP contribution in [0.1, 0.15) is 24.8 Å². The molecule has 2 rings (SSSR count). The topological polar surface area (TPSA) is 41.6 Å². The van der Waals surface area contributed by atoms with Crippen molar-refractivity contribution < 1.29 is 9.53 Å². The van der Waals surface area contributed by atoms with Crippen LogP contribution in [0, 0.1) is 0 Å². The first-order valence-corrected chi connectivity index (χ1v) is 7.39. The van der Waals surface area contributed by atoms with E-state index in [1.165, 1.54) is 31.9 Å². The van der Waals surface area contributed by atoms with E-state index in [9.17, 15) is 4.79 Å². The van der Waals surface area contributed by atoms with Crippen molar-refractivity contribution in [3.63, 3.8) is 0 Å². The number of alkyl carbamates (subject to hydrolysis) is 1. The van der Waals surface area contributed by atoms with Crippen LogP contribution in [-0.4, -0.2) is 43.8 Å². The molecule has 1 amide bonds. The Kier molecular flexibility index (Phi) is 5.87. The smallest absolute Gasteiger partial charge is 0.406 e. The monoisotopic (exact) mass is 276 g/mol. The highest BCUT2D eigenvalue weighted by Gasteiger charge is 2.21. The number of methoxy groups -OCH3 is 1. The number of ether oxygens (including phenoxy) is 1. The Morgan fingerprint density at radius 3 is 2.60 bits per heavy atom. The Hall–Kier alpha value is -1.55. The van der Waals surface area contributed by atoms with E-state index in [4.69, 9.17) is 0 Å². The number of nitrogens with zero attached hydrogens (tertiary/aromatic N) is 1. The highest BCUT2D eigenvalue weighted by molar-refractivity contribution is 5.66. The van der Waals surface area contributed by atoms with Crippen molar-refractivity contribution in [1.29, 1.82) is 0 Å². The molecule has 1 N–H and O–H groups in total. The summed E-state index contributed by atoms with van der Waals surface area (Å²) in [5.74, 6) is 0. The molecule has 1 aliphatic heterocycles. The maximum atomic E-state index is 11.3. The normalized spacial score (nSPS) is 17.4. The van der Waals surface area contributed by atoms with Gasteiger partial charge in [-0.3, -0.25) is 4.90 Å². The Balaban J connectivity index is 1.96. The lowest BCUT2D eigenvalue weighted by Crippen LogP contribution is -2.47. The molecule has 0 spiro atoms. The second-order valence-corrected chi connectivity index (χ2v) is 5.31. The van der Waals surface area contributed by atoms with Gasteiger partial charge in [0.05, 0.1) is 7.11 Å². The molecule has 4 nitrogen and oxygen atoms in total. The van der Waals surface area contributed by atoms with Gasteiger partial charge in [0, 0.05) is 12.6 Å². The van der Waals surface area contributed by atoms with Gasteiger partial charge in [0.2, 0.25) is 0 Å². The second-order valence-electron chi connectivity index (χ2n) is 5.31. The predicted molar refractivity (Wildman–Crippen MR) is 79.8 cm³/mol. The fourth-order valence-corrected chi connectivity index (χ4v) is 2.77. The van der Waals surface area contributed by atoms with Crippen LogP contribution in [0.4, 0.5) is 4.79 Å². The van der Waals surface area contributed by atoms with Gasteiger partial charge in [-0.15, -0.1) is 0 Å². The molecule has 1 aromatic rings. The molecule has 110 valence electrons. The molecule has 1 heterocycles. The first-order chi connectivity index (χ1) is 9.79. The molecule has 0 aromatic heterocycles. The van der Waals surface area contributed by atoms with E-state index in [1.807, 2.05) is 6.07 Å². The van der Waals surface area contributed by atoms with Crippen molar-refractivity contribution in [2.45, 2.75) is 31.7 Å². The summed E-state index contributed by atoms with van der Waals surface area (Å²) in [6.45, 7) is 2.89. The second kappa shape index (κ2) is 7.90. The minimum atomic E-state index is -0.347. The number of likely N-dealkylation sites (tertiary alicyclic amines) is 1. The molecule has 1 fully saturated rings. The minimum absolute atomic E-state index is 0.344. The highest BCUT2D eigenvalue weighted by atomic mass is 16.5. The molecule has 4 heteroatoms. The quantitative estimate of drug-likeness (QED) is 0.898. The zero-order chi connectivity index (χ0) is 14.2. The van der Waals surface area contributed by atoms with Gasteiger partial charge in [-0.2, -0.15) is 0 Å². The summed E-state index contributed by atoms with van der Waals surface area (Å²) >= 11 is 0. The Labute approximate surface area is 121 Å². The van der Waals surface area contributed by atoms with Crippen molar-refractivity contribution in [1.82, 2.24) is 10.2 Å². The Bertz CT molecular complexity index is 402. The number of benzene rings is 1. The van der Waals surface area contributed by atoms with Crippen molar-refractivity contribution in [2.75, 3.05) is 26.7 Å². The molecule has 1 atom stereocenters. The number of hydrogen-bond donors (Lipinski definition) is 1. The van der Waals surface area contributed by atoms with Crippen LogP contribution in [0.5, 0.6) is 0 Å². The van der Waals surface area contributed by atoms with Gasteiger partial charge in [0.1, 0.15) is 0 Å². The van der Waals surface area contributed by atoms with Crippen LogP contribution in [0.15, 0.2) is 30.3 Å². The number of carbonyl (C=O) groups excluding carboxylic acids is 1. The third kappa shape index (κ3) is 4.53. The lowest BCUT2D eigenvalue weighted by Gasteiger charge is -2.34. The minimum Gasteiger partial charge on any atom is -0.453 e. The van der Waals surface area contributed by atoms with E-state index in [-0.39, 0.29) is 6.09 Å². The molecule has 0 radical (unpaired) electrons. The van der Waals surface area contributed by atoms with E-state index < -0.39 is 0 Å². The molecular formula is C16H24N2O2. The van der Waals surface area contributed by atoms with Crippen molar-refractivity contribution >= 4 is 6.09 Å². The number of hydrogen-bond acceptors (Lipinski definition) is 3. The number of carbonyl (C=O) groups is 1. The number of piperidine rings is 1. The molecule has 1 saturated heterocycles. The average molecular weight is 276 g/mol. The van der Waals surface area contributed by atoms with Gasteiger partial charge >= 0.3 is 6.09 Å². The van der Waals surface area contributed by atoms with E-state index in [0.29, 0.717) is 12.6 Å². The van der Waals surface area contributed by atoms with E-state index >= 15 is 0 Å². The van der Waals surface area contributed by atoms with Crippen LogP contribution in [0.2, 0.25) is 0 Å². The van der Waals surface area contributed by atoms with Crippen LogP contribution < -0.4 is 5.32 Å². The average Bonchev–Trinajstić information content (AvgIpc) is 2.53. The number of amides is 1. The molecule has 0 saturated carbocycles. The maximum absolute atomic E-state index is 11.3. The van der Waals surface area contributed by atoms with Gasteiger partial charge < -0.3 is 10.1 Å². The summed E-state index contributed by atoms with van der Waals surface area (Å²) < 4.78 is 4.67. The molecular weight excluding hydrogens is 252 g/mol. The third-order valence-electron chi connectivity index (χ3n) is 3.89. The van der Waals surface area contributed by atoms with E-state index in [0.717, 1.165) is 19.5 Å². The van der Waals surface area contributed by atoms with E-state index in [1.54, 1.807) is 0 Å². The summed E-state index contributed by atoms with van der Waals surface area (Å²) in [6.07, 6.45) is 4.44. The van der Waals surface area contributed by atoms with Gasteiger partial charge in [-0.25, -0.2) is 4.79 Å². The van der Waals surface area contributed by atoms with Crippen molar-refractivity contribution in [2.24, 2.45) is 0 Å². The maximum Gasteiger partial charge on any atom is 0.406 e. The van der Waals surface area contributed by atoms with Crippen LogP contribution >= 0.6 is 0 Å². The van der Waals surface area contributed by atoms with Crippen LogP contribution in [0.3, 0.4) is 0 Å². The zero-order valence-electron chi connectivity index (χ0n) is 12.2. The summed E-state index contributed by atoms with van der Waals surface area (Å²) in [6, 6.07) is 10.8. The third-order valence-corrected chi connectivity index (χ3v) is 3.89. The standard InChI is InChI=1S/C16H24N2O2/c1-20-16(19)17-13-15(18-10-6-3-7-11-18)12-14-8-4-2-5-9-14/h2,4-5,8-9,15H,3,6-7,10-13H2,1H3,(H,17,19). The van der Waals surface area contributed by atoms with Crippen LogP contribution in [0.25, 0.3) is 0 Å². The molecule has 20 heavy (non-hydrogen) atoms. The van der Waals surface area contributed by atoms with Crippen molar-refractivity contribution in [3.05, 3.63) is 35.9 Å². The van der Waals surface area contributed by atoms with Crippen LogP contribution in [-0.2, 0) is 11.2 Å². The van der Waals surface area contributed by atoms with Gasteiger partial charge in [0.25, 0.3) is 0 Å². The summed E-state index contributed by atoms with van der Waals surface area (Å²) in [4.78, 5) is 13.8. The molecule has 0 bridgehead atoms. The Morgan fingerprint density at radius 2 is 1.95 bits per heavy atom. The molecule has 1 aliphatic rings. The first-order valence-electron chi connectivity index (χ1n) is 7.39. The van der Waals surface area contributed by atoms with Crippen molar-refractivity contribution in [3.8, 4) is 0 Å². The number of rotatable bonds is 5. The zero-order valence-corrected chi connectivity index (χ0v) is 12.2. The molecule has 1 unspecified atom stereocenters. The Morgan fingerprint density at radius 1 is 1.25 bits per heavy atom. The molecule has 1 aromatic carbocycles. The largest absolute Gasteiger partial charge is 0.453 e. The van der Waals surface area contributed by atoms with Gasteiger partial charge in [-0.05, 0) is 37.9 Å². The van der Waals surface area contributed by atoms with Gasteiger partial charge in [-0.1, -0.05) is 36.8 Å². The lowest BCUT2D eigenvalue weighted by molar-refractivity contribution is 0.144. The fourth-order valence-electron chi connectivity index (χ4n) is 2.77. The van der Waals surface area contributed by atoms with E-state index in [2.05, 4.69) is 39.2 Å². The summed E-state index contributed by atoms with van der Waals surface area (Å²) in [5.41, 5.74) is 1.31. The molecule has 0 aliphatic carbocycles.